The molecule has 0 fully saturated rings. The Labute approximate surface area is 110 Å². The summed E-state index contributed by atoms with van der Waals surface area (Å²) in [6, 6.07) is 8.67. The van der Waals surface area contributed by atoms with Crippen LogP contribution in [0.5, 0.6) is 0 Å². The number of aromatic nitrogens is 2. The minimum atomic E-state index is 0.290. The van der Waals surface area contributed by atoms with E-state index in [1.54, 1.807) is 0 Å². The van der Waals surface area contributed by atoms with Gasteiger partial charge in [-0.15, -0.1) is 0 Å². The first kappa shape index (κ1) is 12.3. The van der Waals surface area contributed by atoms with Crippen molar-refractivity contribution in [1.29, 1.82) is 0 Å². The summed E-state index contributed by atoms with van der Waals surface area (Å²) in [7, 11) is 1.95. The zero-order valence-electron chi connectivity index (χ0n) is 10.0. The molecule has 1 aromatic heterocycles. The summed E-state index contributed by atoms with van der Waals surface area (Å²) < 4.78 is 3.30. The average molecular weight is 294 g/mol. The lowest BCUT2D eigenvalue weighted by atomic mass is 10.1. The second-order valence-corrected chi connectivity index (χ2v) is 4.97. The quantitative estimate of drug-likeness (QED) is 0.939. The highest BCUT2D eigenvalue weighted by molar-refractivity contribution is 9.10. The van der Waals surface area contributed by atoms with Crippen molar-refractivity contribution in [3.8, 4) is 0 Å². The summed E-state index contributed by atoms with van der Waals surface area (Å²) in [4.78, 5) is 4.22. The summed E-state index contributed by atoms with van der Waals surface area (Å²) >= 11 is 3.51. The van der Waals surface area contributed by atoms with Gasteiger partial charge in [-0.3, -0.25) is 0 Å². The van der Waals surface area contributed by atoms with Crippen molar-refractivity contribution in [1.82, 2.24) is 14.9 Å². The summed E-state index contributed by atoms with van der Waals surface area (Å²) in [6.45, 7) is 3.01. The number of halogens is 1. The Kier molecular flexibility index (Phi) is 3.97. The molecule has 0 saturated carbocycles. The summed E-state index contributed by atoms with van der Waals surface area (Å²) in [5.41, 5.74) is 2.47. The molecular weight excluding hydrogens is 278 g/mol. The minimum Gasteiger partial charge on any atom is -0.326 e. The van der Waals surface area contributed by atoms with Crippen molar-refractivity contribution in [2.24, 2.45) is 0 Å². The molecule has 3 nitrogen and oxygen atoms in total. The maximum absolute atomic E-state index is 4.22. The Bertz CT molecular complexity index is 493. The molecule has 0 aliphatic rings. The molecule has 1 heterocycles. The Balaban J connectivity index is 2.30. The van der Waals surface area contributed by atoms with E-state index in [4.69, 9.17) is 0 Å². The van der Waals surface area contributed by atoms with Gasteiger partial charge >= 0.3 is 0 Å². The molecule has 0 radical (unpaired) electrons. The van der Waals surface area contributed by atoms with E-state index < -0.39 is 0 Å². The Hall–Kier alpha value is -1.13. The molecule has 2 aromatic rings. The topological polar surface area (TPSA) is 29.9 Å². The summed E-state index contributed by atoms with van der Waals surface area (Å²) in [6.07, 6.45) is 3.79. The van der Waals surface area contributed by atoms with Gasteiger partial charge in [0, 0.05) is 17.2 Å². The number of nitrogens with zero attached hydrogens (tertiary/aromatic N) is 2. The van der Waals surface area contributed by atoms with Gasteiger partial charge in [0.25, 0.3) is 0 Å². The molecule has 0 amide bonds. The lowest BCUT2D eigenvalue weighted by Gasteiger charge is -2.17. The average Bonchev–Trinajstić information content (AvgIpc) is 2.77. The number of benzene rings is 1. The van der Waals surface area contributed by atoms with Gasteiger partial charge in [-0.25, -0.2) is 4.98 Å². The fraction of sp³-hybridized carbons (Fsp3) is 0.308. The molecule has 1 N–H and O–H groups in total. The first-order valence-corrected chi connectivity index (χ1v) is 6.42. The van der Waals surface area contributed by atoms with E-state index >= 15 is 0 Å². The van der Waals surface area contributed by atoms with Gasteiger partial charge < -0.3 is 9.88 Å². The number of nitrogens with one attached hydrogen (secondary N) is 1. The maximum Gasteiger partial charge on any atom is 0.0954 e. The lowest BCUT2D eigenvalue weighted by Crippen LogP contribution is -2.14. The molecule has 0 saturated heterocycles. The second kappa shape index (κ2) is 5.47. The van der Waals surface area contributed by atoms with E-state index in [0.717, 1.165) is 11.0 Å². The predicted molar refractivity (Wildman–Crippen MR) is 72.9 cm³/mol. The largest absolute Gasteiger partial charge is 0.326 e. The van der Waals surface area contributed by atoms with Gasteiger partial charge in [0.2, 0.25) is 0 Å². The second-order valence-electron chi connectivity index (χ2n) is 4.05. The van der Waals surface area contributed by atoms with Gasteiger partial charge in [-0.2, -0.15) is 0 Å². The van der Waals surface area contributed by atoms with Crippen molar-refractivity contribution in [2.75, 3.05) is 7.05 Å². The molecule has 0 aliphatic heterocycles. The molecule has 0 spiro atoms. The van der Waals surface area contributed by atoms with Crippen LogP contribution in [-0.2, 0) is 6.54 Å². The van der Waals surface area contributed by atoms with E-state index in [1.807, 2.05) is 25.6 Å². The first-order valence-electron chi connectivity index (χ1n) is 5.63. The maximum atomic E-state index is 4.22. The molecule has 2 rings (SSSR count). The van der Waals surface area contributed by atoms with Gasteiger partial charge in [0.1, 0.15) is 0 Å². The molecule has 1 atom stereocenters. The van der Waals surface area contributed by atoms with E-state index in [9.17, 15) is 0 Å². The van der Waals surface area contributed by atoms with E-state index in [1.165, 1.54) is 11.3 Å². The van der Waals surface area contributed by atoms with Crippen LogP contribution in [0, 0.1) is 0 Å². The van der Waals surface area contributed by atoms with Gasteiger partial charge in [0.15, 0.2) is 0 Å². The van der Waals surface area contributed by atoms with Crippen LogP contribution < -0.4 is 5.32 Å². The van der Waals surface area contributed by atoms with Gasteiger partial charge in [0.05, 0.1) is 18.1 Å². The molecule has 1 unspecified atom stereocenters. The third-order valence-corrected chi connectivity index (χ3v) is 3.35. The van der Waals surface area contributed by atoms with Gasteiger partial charge in [-0.1, -0.05) is 28.1 Å². The summed E-state index contributed by atoms with van der Waals surface area (Å²) in [5.74, 6) is 0. The van der Waals surface area contributed by atoms with Crippen molar-refractivity contribution in [2.45, 2.75) is 19.5 Å². The zero-order chi connectivity index (χ0) is 12.3. The van der Waals surface area contributed by atoms with Crippen LogP contribution >= 0.6 is 15.9 Å². The molecule has 0 aliphatic carbocycles. The van der Waals surface area contributed by atoms with Crippen molar-refractivity contribution in [3.63, 3.8) is 0 Å². The molecular formula is C13H16BrN3. The molecule has 4 heteroatoms. The number of hydrogen-bond acceptors (Lipinski definition) is 2. The molecule has 90 valence electrons. The SMILES string of the molecule is CNCc1cncn1C(C)c1cccc(Br)c1. The summed E-state index contributed by atoms with van der Waals surface area (Å²) in [5, 5.41) is 3.16. The van der Waals surface area contributed by atoms with Crippen molar-refractivity contribution in [3.05, 3.63) is 52.5 Å². The van der Waals surface area contributed by atoms with Crippen LogP contribution in [0.2, 0.25) is 0 Å². The van der Waals surface area contributed by atoms with E-state index in [-0.39, 0.29) is 0 Å². The zero-order valence-corrected chi connectivity index (χ0v) is 11.6. The van der Waals surface area contributed by atoms with Crippen molar-refractivity contribution < 1.29 is 0 Å². The van der Waals surface area contributed by atoms with Crippen LogP contribution in [-0.4, -0.2) is 16.6 Å². The first-order chi connectivity index (χ1) is 8.22. The van der Waals surface area contributed by atoms with E-state index in [2.05, 4.69) is 55.9 Å². The van der Waals surface area contributed by atoms with Crippen LogP contribution in [0.25, 0.3) is 0 Å². The lowest BCUT2D eigenvalue weighted by molar-refractivity contribution is 0.593. The standard InChI is InChI=1S/C13H16BrN3/c1-10(11-4-3-5-12(14)6-11)17-9-16-8-13(17)7-15-2/h3-6,8-10,15H,7H2,1-2H3. The molecule has 0 bridgehead atoms. The number of imidazole rings is 1. The van der Waals surface area contributed by atoms with Crippen LogP contribution in [0.3, 0.4) is 0 Å². The van der Waals surface area contributed by atoms with E-state index in [0.29, 0.717) is 6.04 Å². The Morgan fingerprint density at radius 2 is 2.29 bits per heavy atom. The smallest absolute Gasteiger partial charge is 0.0954 e. The molecule has 1 aromatic carbocycles. The highest BCUT2D eigenvalue weighted by Crippen LogP contribution is 2.22. The monoisotopic (exact) mass is 293 g/mol. The minimum absolute atomic E-state index is 0.290. The highest BCUT2D eigenvalue weighted by atomic mass is 79.9. The van der Waals surface area contributed by atoms with Crippen LogP contribution in [0.15, 0.2) is 41.3 Å². The number of rotatable bonds is 4. The Morgan fingerprint density at radius 3 is 3.00 bits per heavy atom. The molecule has 17 heavy (non-hydrogen) atoms. The Morgan fingerprint density at radius 1 is 1.47 bits per heavy atom. The third kappa shape index (κ3) is 2.76. The fourth-order valence-electron chi connectivity index (χ4n) is 1.93. The van der Waals surface area contributed by atoms with Crippen molar-refractivity contribution >= 4 is 15.9 Å². The number of hydrogen-bond donors (Lipinski definition) is 1. The fourth-order valence-corrected chi connectivity index (χ4v) is 2.34. The highest BCUT2D eigenvalue weighted by Gasteiger charge is 2.11. The van der Waals surface area contributed by atoms with Gasteiger partial charge in [-0.05, 0) is 31.7 Å². The normalized spacial score (nSPS) is 12.6. The third-order valence-electron chi connectivity index (χ3n) is 2.85. The van der Waals surface area contributed by atoms with Crippen LogP contribution in [0.4, 0.5) is 0 Å². The predicted octanol–water partition coefficient (Wildman–Crippen LogP) is 2.97. The van der Waals surface area contributed by atoms with Crippen LogP contribution in [0.1, 0.15) is 24.2 Å².